The lowest BCUT2D eigenvalue weighted by molar-refractivity contribution is -0.138. The van der Waals surface area contributed by atoms with Gasteiger partial charge in [0.15, 0.2) is 0 Å². The maximum atomic E-state index is 12.5. The van der Waals surface area contributed by atoms with E-state index < -0.39 is 0 Å². The lowest BCUT2D eigenvalue weighted by Gasteiger charge is -2.43. The van der Waals surface area contributed by atoms with Crippen molar-refractivity contribution in [2.24, 2.45) is 16.7 Å². The van der Waals surface area contributed by atoms with Crippen LogP contribution >= 0.6 is 0 Å². The molecule has 1 amide bonds. The molecule has 0 radical (unpaired) electrons. The number of piperidine rings is 1. The summed E-state index contributed by atoms with van der Waals surface area (Å²) in [6, 6.07) is 0. The Morgan fingerprint density at radius 3 is 2.32 bits per heavy atom. The summed E-state index contributed by atoms with van der Waals surface area (Å²) in [5.74, 6) is 0.938. The monoisotopic (exact) mass is 266 g/mol. The minimum Gasteiger partial charge on any atom is -0.355 e. The van der Waals surface area contributed by atoms with Gasteiger partial charge in [-0.2, -0.15) is 0 Å². The topological polar surface area (TPSA) is 41.1 Å². The van der Waals surface area contributed by atoms with Crippen molar-refractivity contribution >= 4 is 5.91 Å². The van der Waals surface area contributed by atoms with Crippen LogP contribution in [-0.2, 0) is 4.79 Å². The van der Waals surface area contributed by atoms with Crippen LogP contribution in [0.15, 0.2) is 0 Å². The fourth-order valence-corrected chi connectivity index (χ4v) is 3.60. The molecule has 0 atom stereocenters. The number of carbonyl (C=O) groups excluding carboxylic acids is 1. The molecule has 0 spiro atoms. The fraction of sp³-hybridized carbons (Fsp3) is 0.938. The first kappa shape index (κ1) is 14.8. The van der Waals surface area contributed by atoms with Gasteiger partial charge < -0.3 is 10.6 Å². The second kappa shape index (κ2) is 5.82. The van der Waals surface area contributed by atoms with Crippen molar-refractivity contribution in [3.8, 4) is 0 Å². The minimum atomic E-state index is -0.0303. The first-order valence-corrected chi connectivity index (χ1v) is 7.95. The number of nitrogens with one attached hydrogen (secondary N) is 2. The third kappa shape index (κ3) is 3.50. The molecule has 19 heavy (non-hydrogen) atoms. The summed E-state index contributed by atoms with van der Waals surface area (Å²) in [7, 11) is 0. The van der Waals surface area contributed by atoms with Crippen LogP contribution in [0.2, 0.25) is 0 Å². The zero-order valence-electron chi connectivity index (χ0n) is 12.8. The van der Waals surface area contributed by atoms with Crippen LogP contribution in [0.25, 0.3) is 0 Å². The van der Waals surface area contributed by atoms with E-state index in [1.165, 1.54) is 19.3 Å². The van der Waals surface area contributed by atoms with Crippen molar-refractivity contribution in [1.29, 1.82) is 0 Å². The van der Waals surface area contributed by atoms with E-state index in [-0.39, 0.29) is 5.41 Å². The Balaban J connectivity index is 1.86. The summed E-state index contributed by atoms with van der Waals surface area (Å²) in [5, 5.41) is 6.67. The van der Waals surface area contributed by atoms with Gasteiger partial charge in [0.25, 0.3) is 0 Å². The predicted molar refractivity (Wildman–Crippen MR) is 79.0 cm³/mol. The summed E-state index contributed by atoms with van der Waals surface area (Å²) in [6.07, 6.45) is 6.80. The predicted octanol–water partition coefficient (Wildman–Crippen LogP) is 2.71. The summed E-state index contributed by atoms with van der Waals surface area (Å²) in [6.45, 7) is 9.79. The van der Waals surface area contributed by atoms with Gasteiger partial charge in [0, 0.05) is 12.0 Å². The normalized spacial score (nSPS) is 24.8. The van der Waals surface area contributed by atoms with E-state index in [4.69, 9.17) is 0 Å². The molecule has 2 rings (SSSR count). The molecule has 1 heterocycles. The second-order valence-electron chi connectivity index (χ2n) is 7.48. The van der Waals surface area contributed by atoms with Crippen molar-refractivity contribution < 1.29 is 4.79 Å². The molecule has 0 aromatic rings. The molecule has 1 saturated heterocycles. The van der Waals surface area contributed by atoms with Gasteiger partial charge in [-0.1, -0.05) is 27.2 Å². The maximum absolute atomic E-state index is 12.5. The van der Waals surface area contributed by atoms with E-state index in [0.29, 0.717) is 17.2 Å². The van der Waals surface area contributed by atoms with Gasteiger partial charge in [-0.15, -0.1) is 0 Å². The Kier molecular flexibility index (Phi) is 4.54. The number of hydrogen-bond acceptors (Lipinski definition) is 2. The van der Waals surface area contributed by atoms with Crippen LogP contribution in [0.3, 0.4) is 0 Å². The standard InChI is InChI=1S/C16H30N2O/c1-13(2)11-16(5-4-6-16)14(19)18-12-15(3)7-9-17-10-8-15/h13,17H,4-12H2,1-3H3,(H,18,19). The molecule has 2 N–H and O–H groups in total. The van der Waals surface area contributed by atoms with E-state index in [1.54, 1.807) is 0 Å². The van der Waals surface area contributed by atoms with Crippen molar-refractivity contribution in [1.82, 2.24) is 10.6 Å². The number of carbonyl (C=O) groups is 1. The van der Waals surface area contributed by atoms with Gasteiger partial charge in [-0.05, 0) is 56.5 Å². The molecule has 2 fully saturated rings. The molecule has 3 nitrogen and oxygen atoms in total. The van der Waals surface area contributed by atoms with Gasteiger partial charge in [-0.25, -0.2) is 0 Å². The molecule has 0 unspecified atom stereocenters. The Morgan fingerprint density at radius 1 is 1.21 bits per heavy atom. The summed E-state index contributed by atoms with van der Waals surface area (Å²) in [5.41, 5.74) is 0.265. The molecule has 0 aromatic heterocycles. The van der Waals surface area contributed by atoms with Gasteiger partial charge in [0.1, 0.15) is 0 Å². The van der Waals surface area contributed by atoms with E-state index in [9.17, 15) is 4.79 Å². The van der Waals surface area contributed by atoms with E-state index in [2.05, 4.69) is 31.4 Å². The largest absolute Gasteiger partial charge is 0.355 e. The number of hydrogen-bond donors (Lipinski definition) is 2. The zero-order valence-corrected chi connectivity index (χ0v) is 12.8. The summed E-state index contributed by atoms with van der Waals surface area (Å²) < 4.78 is 0. The Hall–Kier alpha value is -0.570. The highest BCUT2D eigenvalue weighted by Crippen LogP contribution is 2.46. The van der Waals surface area contributed by atoms with E-state index in [1.807, 2.05) is 0 Å². The van der Waals surface area contributed by atoms with Crippen molar-refractivity contribution in [2.45, 2.75) is 59.3 Å². The smallest absolute Gasteiger partial charge is 0.226 e. The molecule has 3 heteroatoms. The molecule has 2 aliphatic rings. The van der Waals surface area contributed by atoms with Crippen molar-refractivity contribution in [2.75, 3.05) is 19.6 Å². The van der Waals surface area contributed by atoms with E-state index in [0.717, 1.165) is 38.9 Å². The zero-order chi connectivity index (χ0) is 13.9. The average Bonchev–Trinajstić information content (AvgIpc) is 2.32. The highest BCUT2D eigenvalue weighted by Gasteiger charge is 2.44. The third-order valence-corrected chi connectivity index (χ3v) is 5.08. The fourth-order valence-electron chi connectivity index (χ4n) is 3.60. The van der Waals surface area contributed by atoms with Crippen LogP contribution in [0, 0.1) is 16.7 Å². The van der Waals surface area contributed by atoms with E-state index >= 15 is 0 Å². The summed E-state index contributed by atoms with van der Waals surface area (Å²) >= 11 is 0. The molecule has 110 valence electrons. The number of amides is 1. The van der Waals surface area contributed by atoms with Crippen LogP contribution < -0.4 is 10.6 Å². The van der Waals surface area contributed by atoms with Crippen molar-refractivity contribution in [3.63, 3.8) is 0 Å². The molecule has 1 aliphatic carbocycles. The average molecular weight is 266 g/mol. The lowest BCUT2D eigenvalue weighted by Crippen LogP contribution is -2.50. The molecule has 1 saturated carbocycles. The SMILES string of the molecule is CC(C)CC1(C(=O)NCC2(C)CCNCC2)CCC1. The van der Waals surface area contributed by atoms with Crippen LogP contribution in [0.5, 0.6) is 0 Å². The highest BCUT2D eigenvalue weighted by atomic mass is 16.2. The first-order chi connectivity index (χ1) is 8.96. The third-order valence-electron chi connectivity index (χ3n) is 5.08. The molecule has 0 aromatic carbocycles. The Morgan fingerprint density at radius 2 is 1.84 bits per heavy atom. The lowest BCUT2D eigenvalue weighted by atomic mass is 9.64. The highest BCUT2D eigenvalue weighted by molar-refractivity contribution is 5.83. The van der Waals surface area contributed by atoms with Crippen LogP contribution in [0.4, 0.5) is 0 Å². The van der Waals surface area contributed by atoms with Gasteiger partial charge in [0.2, 0.25) is 5.91 Å². The van der Waals surface area contributed by atoms with Crippen molar-refractivity contribution in [3.05, 3.63) is 0 Å². The quantitative estimate of drug-likeness (QED) is 0.803. The number of rotatable bonds is 5. The maximum Gasteiger partial charge on any atom is 0.226 e. The van der Waals surface area contributed by atoms with Crippen LogP contribution in [0.1, 0.15) is 59.3 Å². The van der Waals surface area contributed by atoms with Gasteiger partial charge in [0.05, 0.1) is 0 Å². The summed E-state index contributed by atoms with van der Waals surface area (Å²) in [4.78, 5) is 12.5. The van der Waals surface area contributed by atoms with Crippen LogP contribution in [-0.4, -0.2) is 25.5 Å². The molecular formula is C16H30N2O. The van der Waals surface area contributed by atoms with Gasteiger partial charge >= 0.3 is 0 Å². The Bertz CT molecular complexity index is 315. The molecule has 1 aliphatic heterocycles. The van der Waals surface area contributed by atoms with Gasteiger partial charge in [-0.3, -0.25) is 4.79 Å². The minimum absolute atomic E-state index is 0.0303. The Labute approximate surface area is 117 Å². The molecular weight excluding hydrogens is 236 g/mol. The first-order valence-electron chi connectivity index (χ1n) is 7.95. The second-order valence-corrected chi connectivity index (χ2v) is 7.48. The molecule has 0 bridgehead atoms.